The number of hydrogen-bond acceptors (Lipinski definition) is 4. The van der Waals surface area contributed by atoms with E-state index in [-0.39, 0.29) is 6.10 Å². The summed E-state index contributed by atoms with van der Waals surface area (Å²) in [6.07, 6.45) is 0.240. The van der Waals surface area contributed by atoms with Crippen molar-refractivity contribution >= 4 is 5.69 Å². The summed E-state index contributed by atoms with van der Waals surface area (Å²) >= 11 is 0. The number of likely N-dealkylation sites (N-methyl/N-ethyl adjacent to an activating group) is 1. The number of nitrogens with zero attached hydrogens (tertiary/aromatic N) is 1. The van der Waals surface area contributed by atoms with Crippen LogP contribution in [0.25, 0.3) is 0 Å². The van der Waals surface area contributed by atoms with Crippen LogP contribution in [0.15, 0.2) is 12.1 Å². The van der Waals surface area contributed by atoms with Crippen molar-refractivity contribution in [2.24, 2.45) is 0 Å². The van der Waals surface area contributed by atoms with E-state index in [4.69, 9.17) is 9.47 Å². The topological polar surface area (TPSA) is 33.7 Å². The average Bonchev–Trinajstić information content (AvgIpc) is 2.38. The zero-order chi connectivity index (χ0) is 13.8. The van der Waals surface area contributed by atoms with Gasteiger partial charge in [-0.3, -0.25) is 0 Å². The van der Waals surface area contributed by atoms with E-state index in [9.17, 15) is 0 Å². The summed E-state index contributed by atoms with van der Waals surface area (Å²) in [4.78, 5) is 2.23. The van der Waals surface area contributed by atoms with Gasteiger partial charge in [0.2, 0.25) is 0 Å². The van der Waals surface area contributed by atoms with Gasteiger partial charge in [0.25, 0.3) is 0 Å². The van der Waals surface area contributed by atoms with Crippen LogP contribution < -0.4 is 15.0 Å². The van der Waals surface area contributed by atoms with Gasteiger partial charge in [-0.15, -0.1) is 0 Å². The number of hydrogen-bond donors (Lipinski definition) is 1. The van der Waals surface area contributed by atoms with Crippen molar-refractivity contribution < 1.29 is 9.47 Å². The Balaban J connectivity index is 2.15. The molecule has 1 aromatic carbocycles. The van der Waals surface area contributed by atoms with Crippen molar-refractivity contribution in [2.75, 3.05) is 45.3 Å². The Labute approximate surface area is 115 Å². The van der Waals surface area contributed by atoms with E-state index in [0.717, 1.165) is 37.7 Å². The van der Waals surface area contributed by atoms with Crippen LogP contribution in [-0.2, 0) is 4.74 Å². The van der Waals surface area contributed by atoms with Gasteiger partial charge >= 0.3 is 0 Å². The lowest BCUT2D eigenvalue weighted by Gasteiger charge is -2.31. The predicted octanol–water partition coefficient (Wildman–Crippen LogP) is 1.74. The van der Waals surface area contributed by atoms with Crippen LogP contribution in [0.5, 0.6) is 5.75 Å². The molecule has 1 N–H and O–H groups in total. The number of rotatable bonds is 4. The molecule has 0 spiro atoms. The first-order valence-electron chi connectivity index (χ1n) is 6.80. The highest BCUT2D eigenvalue weighted by atomic mass is 16.5. The Morgan fingerprint density at radius 2 is 2.21 bits per heavy atom. The Hall–Kier alpha value is -1.26. The quantitative estimate of drug-likeness (QED) is 0.898. The summed E-state index contributed by atoms with van der Waals surface area (Å²) in [5.74, 6) is 0.934. The summed E-state index contributed by atoms with van der Waals surface area (Å²) in [6, 6.07) is 4.27. The fraction of sp³-hybridized carbons (Fsp3) is 0.600. The molecule has 1 atom stereocenters. The molecular weight excluding hydrogens is 240 g/mol. The Bertz CT molecular complexity index is 428. The minimum absolute atomic E-state index is 0.240. The van der Waals surface area contributed by atoms with Crippen LogP contribution >= 0.6 is 0 Å². The average molecular weight is 264 g/mol. The van der Waals surface area contributed by atoms with Gasteiger partial charge in [0.05, 0.1) is 25.5 Å². The molecule has 1 saturated heterocycles. The number of ether oxygens (including phenoxy) is 2. The van der Waals surface area contributed by atoms with Gasteiger partial charge in [0, 0.05) is 26.7 Å². The molecule has 0 radical (unpaired) electrons. The number of morpholine rings is 1. The second-order valence-corrected chi connectivity index (χ2v) is 5.21. The van der Waals surface area contributed by atoms with Crippen LogP contribution in [0.3, 0.4) is 0 Å². The lowest BCUT2D eigenvalue weighted by Crippen LogP contribution is -2.44. The summed E-state index contributed by atoms with van der Waals surface area (Å²) in [5.41, 5.74) is 3.62. The molecule has 1 aliphatic heterocycles. The highest BCUT2D eigenvalue weighted by Gasteiger charge is 2.19. The van der Waals surface area contributed by atoms with E-state index >= 15 is 0 Å². The van der Waals surface area contributed by atoms with E-state index in [2.05, 4.69) is 43.2 Å². The lowest BCUT2D eigenvalue weighted by atomic mass is 10.1. The first-order chi connectivity index (χ1) is 9.11. The van der Waals surface area contributed by atoms with Crippen molar-refractivity contribution in [3.63, 3.8) is 0 Å². The maximum Gasteiger partial charge on any atom is 0.142 e. The minimum atomic E-state index is 0.240. The van der Waals surface area contributed by atoms with Crippen molar-refractivity contribution in [2.45, 2.75) is 20.0 Å². The minimum Gasteiger partial charge on any atom is -0.495 e. The molecule has 0 saturated carbocycles. The van der Waals surface area contributed by atoms with Gasteiger partial charge < -0.3 is 19.7 Å². The molecule has 0 aromatic heterocycles. The molecule has 4 heteroatoms. The second kappa shape index (κ2) is 6.26. The number of anilines is 1. The van der Waals surface area contributed by atoms with Crippen molar-refractivity contribution in [1.82, 2.24) is 5.32 Å². The highest BCUT2D eigenvalue weighted by Crippen LogP contribution is 2.32. The molecule has 1 unspecified atom stereocenters. The molecule has 1 fully saturated rings. The summed E-state index contributed by atoms with van der Waals surface area (Å²) < 4.78 is 11.3. The van der Waals surface area contributed by atoms with Gasteiger partial charge in [0.1, 0.15) is 5.75 Å². The van der Waals surface area contributed by atoms with E-state index in [0.29, 0.717) is 0 Å². The third kappa shape index (κ3) is 3.39. The maximum atomic E-state index is 5.76. The van der Waals surface area contributed by atoms with Crippen LogP contribution in [0.2, 0.25) is 0 Å². The van der Waals surface area contributed by atoms with Crippen molar-refractivity contribution in [3.05, 3.63) is 23.3 Å². The molecule has 1 aliphatic rings. The SMILES string of the molecule is COc1cc(C)cc(C)c1N(C)CC1CNCCO1. The van der Waals surface area contributed by atoms with Gasteiger partial charge in [-0.1, -0.05) is 6.07 Å². The van der Waals surface area contributed by atoms with Crippen LogP contribution in [0.1, 0.15) is 11.1 Å². The molecule has 2 rings (SSSR count). The Morgan fingerprint density at radius 1 is 1.42 bits per heavy atom. The Morgan fingerprint density at radius 3 is 2.84 bits per heavy atom. The van der Waals surface area contributed by atoms with Crippen LogP contribution in [0, 0.1) is 13.8 Å². The molecule has 4 nitrogen and oxygen atoms in total. The fourth-order valence-electron chi connectivity index (χ4n) is 2.70. The fourth-order valence-corrected chi connectivity index (χ4v) is 2.70. The maximum absolute atomic E-state index is 5.76. The molecule has 1 heterocycles. The summed E-state index contributed by atoms with van der Waals surface area (Å²) in [7, 11) is 3.82. The van der Waals surface area contributed by atoms with Crippen molar-refractivity contribution in [3.8, 4) is 5.75 Å². The third-order valence-corrected chi connectivity index (χ3v) is 3.49. The molecule has 0 amide bonds. The Kier molecular flexibility index (Phi) is 4.66. The van der Waals surface area contributed by atoms with Gasteiger partial charge in [-0.2, -0.15) is 0 Å². The predicted molar refractivity (Wildman–Crippen MR) is 78.3 cm³/mol. The van der Waals surface area contributed by atoms with Crippen molar-refractivity contribution in [1.29, 1.82) is 0 Å². The molecular formula is C15H24N2O2. The van der Waals surface area contributed by atoms with E-state index in [1.165, 1.54) is 11.1 Å². The van der Waals surface area contributed by atoms with Gasteiger partial charge in [0.15, 0.2) is 0 Å². The van der Waals surface area contributed by atoms with E-state index < -0.39 is 0 Å². The van der Waals surface area contributed by atoms with Crippen LogP contribution in [0.4, 0.5) is 5.69 Å². The molecule has 0 bridgehead atoms. The number of benzene rings is 1. The molecule has 1 aromatic rings. The van der Waals surface area contributed by atoms with Crippen LogP contribution in [-0.4, -0.2) is 46.5 Å². The third-order valence-electron chi connectivity index (χ3n) is 3.49. The largest absolute Gasteiger partial charge is 0.495 e. The highest BCUT2D eigenvalue weighted by molar-refractivity contribution is 5.64. The number of methoxy groups -OCH3 is 1. The summed E-state index contributed by atoms with van der Waals surface area (Å²) in [6.45, 7) is 7.75. The monoisotopic (exact) mass is 264 g/mol. The normalized spacial score (nSPS) is 19.3. The zero-order valence-electron chi connectivity index (χ0n) is 12.3. The first-order valence-corrected chi connectivity index (χ1v) is 6.80. The van der Waals surface area contributed by atoms with Gasteiger partial charge in [-0.05, 0) is 31.0 Å². The van der Waals surface area contributed by atoms with E-state index in [1.807, 2.05) is 0 Å². The first kappa shape index (κ1) is 14.2. The van der Waals surface area contributed by atoms with E-state index in [1.54, 1.807) is 7.11 Å². The smallest absolute Gasteiger partial charge is 0.142 e. The molecule has 0 aliphatic carbocycles. The number of nitrogens with one attached hydrogen (secondary N) is 1. The lowest BCUT2D eigenvalue weighted by molar-refractivity contribution is 0.0339. The standard InChI is InChI=1S/C15H24N2O2/c1-11-7-12(2)15(14(8-11)18-4)17(3)10-13-9-16-5-6-19-13/h7-8,13,16H,5-6,9-10H2,1-4H3. The second-order valence-electron chi connectivity index (χ2n) is 5.21. The van der Waals surface area contributed by atoms with Gasteiger partial charge in [-0.25, -0.2) is 0 Å². The molecule has 19 heavy (non-hydrogen) atoms. The summed E-state index contributed by atoms with van der Waals surface area (Å²) in [5, 5.41) is 3.36. The number of aryl methyl sites for hydroxylation is 2. The zero-order valence-corrected chi connectivity index (χ0v) is 12.3. The molecule has 106 valence electrons.